The molecule has 1 amide bonds. The van der Waals surface area contributed by atoms with Gasteiger partial charge in [-0.3, -0.25) is 9.52 Å². The van der Waals surface area contributed by atoms with E-state index in [1.54, 1.807) is 43.0 Å². The van der Waals surface area contributed by atoms with Gasteiger partial charge in [0.2, 0.25) is 0 Å². The number of piperidine rings is 1. The molecule has 0 unspecified atom stereocenters. The first kappa shape index (κ1) is 20.4. The number of sulfonamides is 1. The minimum absolute atomic E-state index is 0.0860. The van der Waals surface area contributed by atoms with Crippen molar-refractivity contribution in [2.24, 2.45) is 0 Å². The molecule has 2 aromatic rings. The fraction of sp³-hybridized carbons (Fsp3) is 0.381. The molecule has 0 spiro atoms. The van der Waals surface area contributed by atoms with Crippen molar-refractivity contribution >= 4 is 21.6 Å². The van der Waals surface area contributed by atoms with Crippen LogP contribution in [0.5, 0.6) is 0 Å². The van der Waals surface area contributed by atoms with E-state index in [0.717, 1.165) is 5.56 Å². The Kier molecular flexibility index (Phi) is 5.50. The first-order valence-electron chi connectivity index (χ1n) is 9.29. The quantitative estimate of drug-likeness (QED) is 0.823. The van der Waals surface area contributed by atoms with Crippen molar-refractivity contribution in [2.45, 2.75) is 44.1 Å². The monoisotopic (exact) mass is 402 g/mol. The molecule has 0 atom stereocenters. The predicted molar refractivity (Wildman–Crippen MR) is 109 cm³/mol. The molecule has 2 N–H and O–H groups in total. The molecule has 150 valence electrons. The van der Waals surface area contributed by atoms with Gasteiger partial charge in [-0.05, 0) is 63.4 Å². The summed E-state index contributed by atoms with van der Waals surface area (Å²) < 4.78 is 28.3. The zero-order valence-electron chi connectivity index (χ0n) is 16.4. The number of aliphatic hydroxyl groups is 1. The fourth-order valence-corrected chi connectivity index (χ4v) is 4.56. The third kappa shape index (κ3) is 4.54. The van der Waals surface area contributed by atoms with E-state index >= 15 is 0 Å². The SMILES string of the molecule is Cc1ccc(NS(=O)(=O)c2cc(C(=O)N3CCC(C)(O)CC3)ccc2C)cc1. The maximum Gasteiger partial charge on any atom is 0.262 e. The van der Waals surface area contributed by atoms with Crippen LogP contribution in [0.3, 0.4) is 0 Å². The summed E-state index contributed by atoms with van der Waals surface area (Å²) in [5.74, 6) is -0.220. The third-order valence-electron chi connectivity index (χ3n) is 5.16. The molecule has 1 aliphatic rings. The average molecular weight is 403 g/mol. The molecule has 6 nitrogen and oxygen atoms in total. The lowest BCUT2D eigenvalue weighted by Crippen LogP contribution is -2.45. The van der Waals surface area contributed by atoms with Gasteiger partial charge >= 0.3 is 0 Å². The molecule has 28 heavy (non-hydrogen) atoms. The zero-order valence-corrected chi connectivity index (χ0v) is 17.2. The highest BCUT2D eigenvalue weighted by Crippen LogP contribution is 2.25. The van der Waals surface area contributed by atoms with E-state index in [2.05, 4.69) is 4.72 Å². The summed E-state index contributed by atoms with van der Waals surface area (Å²) in [4.78, 5) is 14.6. The average Bonchev–Trinajstić information content (AvgIpc) is 2.63. The van der Waals surface area contributed by atoms with Crippen LogP contribution < -0.4 is 4.72 Å². The van der Waals surface area contributed by atoms with Crippen LogP contribution in [-0.2, 0) is 10.0 Å². The van der Waals surface area contributed by atoms with E-state index in [-0.39, 0.29) is 10.8 Å². The van der Waals surface area contributed by atoms with Gasteiger partial charge in [-0.2, -0.15) is 0 Å². The molecule has 0 radical (unpaired) electrons. The minimum atomic E-state index is -3.82. The molecule has 0 saturated carbocycles. The van der Waals surface area contributed by atoms with Gasteiger partial charge in [0, 0.05) is 24.3 Å². The van der Waals surface area contributed by atoms with Crippen LogP contribution in [0, 0.1) is 13.8 Å². The number of aryl methyl sites for hydroxylation is 2. The second-order valence-corrected chi connectivity index (χ2v) is 9.39. The number of likely N-dealkylation sites (tertiary alicyclic amines) is 1. The van der Waals surface area contributed by atoms with Gasteiger partial charge in [-0.15, -0.1) is 0 Å². The lowest BCUT2D eigenvalue weighted by Gasteiger charge is -2.35. The van der Waals surface area contributed by atoms with Gasteiger partial charge in [0.15, 0.2) is 0 Å². The molecule has 1 fully saturated rings. The van der Waals surface area contributed by atoms with Crippen LogP contribution in [0.15, 0.2) is 47.4 Å². The lowest BCUT2D eigenvalue weighted by atomic mass is 9.93. The van der Waals surface area contributed by atoms with Crippen LogP contribution in [-0.4, -0.2) is 43.0 Å². The maximum absolute atomic E-state index is 12.9. The van der Waals surface area contributed by atoms with Crippen molar-refractivity contribution in [3.63, 3.8) is 0 Å². The molecule has 2 aromatic carbocycles. The van der Waals surface area contributed by atoms with Crippen molar-refractivity contribution in [1.29, 1.82) is 0 Å². The Morgan fingerprint density at radius 2 is 1.68 bits per heavy atom. The van der Waals surface area contributed by atoms with Crippen molar-refractivity contribution in [3.05, 3.63) is 59.2 Å². The summed E-state index contributed by atoms with van der Waals surface area (Å²) in [6, 6.07) is 11.8. The second kappa shape index (κ2) is 7.56. The fourth-order valence-electron chi connectivity index (χ4n) is 3.23. The highest BCUT2D eigenvalue weighted by Gasteiger charge is 2.30. The number of carbonyl (C=O) groups is 1. The molecule has 1 saturated heterocycles. The number of hydrogen-bond donors (Lipinski definition) is 2. The molecule has 7 heteroatoms. The van der Waals surface area contributed by atoms with Gasteiger partial charge in [-0.1, -0.05) is 23.8 Å². The van der Waals surface area contributed by atoms with E-state index in [9.17, 15) is 18.3 Å². The Bertz CT molecular complexity index is 972. The van der Waals surface area contributed by atoms with Crippen molar-refractivity contribution in [3.8, 4) is 0 Å². The van der Waals surface area contributed by atoms with Gasteiger partial charge in [0.05, 0.1) is 10.5 Å². The Labute approximate surface area is 166 Å². The van der Waals surface area contributed by atoms with Crippen molar-refractivity contribution in [1.82, 2.24) is 4.90 Å². The van der Waals surface area contributed by atoms with E-state index in [0.29, 0.717) is 42.7 Å². The summed E-state index contributed by atoms with van der Waals surface area (Å²) in [7, 11) is -3.82. The maximum atomic E-state index is 12.9. The number of nitrogens with one attached hydrogen (secondary N) is 1. The first-order valence-corrected chi connectivity index (χ1v) is 10.8. The predicted octanol–water partition coefficient (Wildman–Crippen LogP) is 3.09. The molecule has 1 heterocycles. The number of benzene rings is 2. The Morgan fingerprint density at radius 1 is 1.07 bits per heavy atom. The number of carbonyl (C=O) groups excluding carboxylic acids is 1. The van der Waals surface area contributed by atoms with E-state index in [1.165, 1.54) is 6.07 Å². The Hall–Kier alpha value is -2.38. The number of rotatable bonds is 4. The van der Waals surface area contributed by atoms with Crippen LogP contribution in [0.1, 0.15) is 41.3 Å². The lowest BCUT2D eigenvalue weighted by molar-refractivity contribution is -0.00203. The molecular weight excluding hydrogens is 376 g/mol. The summed E-state index contributed by atoms with van der Waals surface area (Å²) in [6.45, 7) is 6.29. The molecule has 0 bridgehead atoms. The molecule has 1 aliphatic heterocycles. The van der Waals surface area contributed by atoms with Crippen molar-refractivity contribution in [2.75, 3.05) is 17.8 Å². The highest BCUT2D eigenvalue weighted by atomic mass is 32.2. The first-order chi connectivity index (χ1) is 13.1. The minimum Gasteiger partial charge on any atom is -0.390 e. The van der Waals surface area contributed by atoms with Gasteiger partial charge < -0.3 is 10.0 Å². The number of amides is 1. The van der Waals surface area contributed by atoms with E-state index in [4.69, 9.17) is 0 Å². The van der Waals surface area contributed by atoms with E-state index in [1.807, 2.05) is 19.1 Å². The van der Waals surface area contributed by atoms with Crippen molar-refractivity contribution < 1.29 is 18.3 Å². The number of anilines is 1. The largest absolute Gasteiger partial charge is 0.390 e. The summed E-state index contributed by atoms with van der Waals surface area (Å²) in [5.41, 5.74) is 1.65. The van der Waals surface area contributed by atoms with Crippen LogP contribution in [0.25, 0.3) is 0 Å². The molecule has 0 aliphatic carbocycles. The standard InChI is InChI=1S/C21H26N2O4S/c1-15-4-8-18(9-5-15)22-28(26,27)19-14-17(7-6-16(19)2)20(24)23-12-10-21(3,25)11-13-23/h4-9,14,22,25H,10-13H2,1-3H3. The number of hydrogen-bond acceptors (Lipinski definition) is 4. The number of nitrogens with zero attached hydrogens (tertiary/aromatic N) is 1. The topological polar surface area (TPSA) is 86.7 Å². The Balaban J connectivity index is 1.84. The smallest absolute Gasteiger partial charge is 0.262 e. The van der Waals surface area contributed by atoms with E-state index < -0.39 is 15.6 Å². The van der Waals surface area contributed by atoms with Crippen LogP contribution >= 0.6 is 0 Å². The summed E-state index contributed by atoms with van der Waals surface area (Å²) in [6.07, 6.45) is 1.01. The van der Waals surface area contributed by atoms with Gasteiger partial charge in [0.25, 0.3) is 15.9 Å². The summed E-state index contributed by atoms with van der Waals surface area (Å²) in [5, 5.41) is 10.1. The Morgan fingerprint density at radius 3 is 2.29 bits per heavy atom. The molecule has 3 rings (SSSR count). The molecule has 0 aromatic heterocycles. The molecular formula is C21H26N2O4S. The van der Waals surface area contributed by atoms with Crippen LogP contribution in [0.4, 0.5) is 5.69 Å². The normalized spacial score (nSPS) is 16.6. The van der Waals surface area contributed by atoms with Gasteiger partial charge in [0.1, 0.15) is 0 Å². The second-order valence-electron chi connectivity index (χ2n) is 7.74. The van der Waals surface area contributed by atoms with Gasteiger partial charge in [-0.25, -0.2) is 8.42 Å². The summed E-state index contributed by atoms with van der Waals surface area (Å²) >= 11 is 0. The highest BCUT2D eigenvalue weighted by molar-refractivity contribution is 7.92. The third-order valence-corrected chi connectivity index (χ3v) is 6.68. The zero-order chi connectivity index (χ0) is 20.5. The van der Waals surface area contributed by atoms with Crippen LogP contribution in [0.2, 0.25) is 0 Å².